The SMILES string of the molecule is CC1CC(C)CN(S(=O)(=O)c2ccc(C(=O)OCc3ccc(Cl)cc3Cl)cc2)C1. The fourth-order valence-corrected chi connectivity index (χ4v) is 5.72. The summed E-state index contributed by atoms with van der Waals surface area (Å²) in [6.45, 7) is 5.14. The third-order valence-corrected chi connectivity index (χ3v) is 7.37. The van der Waals surface area contributed by atoms with Crippen molar-refractivity contribution in [1.82, 2.24) is 4.31 Å². The second-order valence-corrected chi connectivity index (χ2v) is 10.4. The number of hydrogen-bond acceptors (Lipinski definition) is 4. The summed E-state index contributed by atoms with van der Waals surface area (Å²) in [5, 5.41) is 0.913. The molecule has 0 spiro atoms. The second kappa shape index (κ2) is 9.04. The van der Waals surface area contributed by atoms with Crippen LogP contribution in [0.3, 0.4) is 0 Å². The van der Waals surface area contributed by atoms with Gasteiger partial charge in [0.05, 0.1) is 10.5 Å². The van der Waals surface area contributed by atoms with Crippen LogP contribution in [0.15, 0.2) is 47.4 Å². The monoisotopic (exact) mass is 455 g/mol. The van der Waals surface area contributed by atoms with Crippen LogP contribution in [0.5, 0.6) is 0 Å². The number of carbonyl (C=O) groups is 1. The minimum atomic E-state index is -3.58. The molecule has 5 nitrogen and oxygen atoms in total. The van der Waals surface area contributed by atoms with Gasteiger partial charge in [0.15, 0.2) is 0 Å². The number of halogens is 2. The molecule has 1 aliphatic heterocycles. The summed E-state index contributed by atoms with van der Waals surface area (Å²) >= 11 is 11.9. The molecule has 29 heavy (non-hydrogen) atoms. The average Bonchev–Trinajstić information content (AvgIpc) is 2.66. The van der Waals surface area contributed by atoms with Gasteiger partial charge in [-0.05, 0) is 54.7 Å². The first-order valence-electron chi connectivity index (χ1n) is 9.38. The van der Waals surface area contributed by atoms with Crippen LogP contribution in [0.25, 0.3) is 0 Å². The lowest BCUT2D eigenvalue weighted by molar-refractivity contribution is 0.0472. The number of nitrogens with zero attached hydrogens (tertiary/aromatic N) is 1. The number of benzene rings is 2. The van der Waals surface area contributed by atoms with Crippen LogP contribution >= 0.6 is 23.2 Å². The quantitative estimate of drug-likeness (QED) is 0.593. The third-order valence-electron chi connectivity index (χ3n) is 4.94. The molecular weight excluding hydrogens is 433 g/mol. The summed E-state index contributed by atoms with van der Waals surface area (Å²) in [4.78, 5) is 12.5. The van der Waals surface area contributed by atoms with E-state index in [0.717, 1.165) is 6.42 Å². The van der Waals surface area contributed by atoms with Crippen LogP contribution in [-0.2, 0) is 21.4 Å². The molecule has 3 rings (SSSR count). The fraction of sp³-hybridized carbons (Fsp3) is 0.381. The molecule has 0 aliphatic carbocycles. The van der Waals surface area contributed by atoms with Crippen molar-refractivity contribution in [2.24, 2.45) is 11.8 Å². The van der Waals surface area contributed by atoms with Crippen molar-refractivity contribution < 1.29 is 17.9 Å². The van der Waals surface area contributed by atoms with Gasteiger partial charge in [-0.1, -0.05) is 43.1 Å². The zero-order valence-corrected chi connectivity index (χ0v) is 18.6. The Bertz CT molecular complexity index is 982. The van der Waals surface area contributed by atoms with Crippen LogP contribution in [0.1, 0.15) is 36.2 Å². The molecule has 0 aromatic heterocycles. The Morgan fingerprint density at radius 1 is 1.07 bits per heavy atom. The van der Waals surface area contributed by atoms with E-state index in [0.29, 0.717) is 40.5 Å². The van der Waals surface area contributed by atoms with Gasteiger partial charge in [-0.3, -0.25) is 0 Å². The molecular formula is C21H23Cl2NO4S. The minimum absolute atomic E-state index is 0.00155. The van der Waals surface area contributed by atoms with E-state index in [9.17, 15) is 13.2 Å². The molecule has 2 aromatic rings. The van der Waals surface area contributed by atoms with Crippen LogP contribution in [-0.4, -0.2) is 31.8 Å². The van der Waals surface area contributed by atoms with E-state index in [-0.39, 0.29) is 17.1 Å². The van der Waals surface area contributed by atoms with Gasteiger partial charge in [-0.2, -0.15) is 4.31 Å². The van der Waals surface area contributed by atoms with Crippen molar-refractivity contribution in [2.45, 2.75) is 31.8 Å². The van der Waals surface area contributed by atoms with Gasteiger partial charge < -0.3 is 4.74 Å². The first-order valence-corrected chi connectivity index (χ1v) is 11.6. The van der Waals surface area contributed by atoms with Crippen molar-refractivity contribution in [3.63, 3.8) is 0 Å². The largest absolute Gasteiger partial charge is 0.457 e. The molecule has 0 bridgehead atoms. The minimum Gasteiger partial charge on any atom is -0.457 e. The van der Waals surface area contributed by atoms with E-state index < -0.39 is 16.0 Å². The van der Waals surface area contributed by atoms with E-state index in [1.807, 2.05) is 0 Å². The molecule has 2 unspecified atom stereocenters. The zero-order valence-electron chi connectivity index (χ0n) is 16.3. The lowest BCUT2D eigenvalue weighted by Gasteiger charge is -2.34. The lowest BCUT2D eigenvalue weighted by atomic mass is 9.94. The number of rotatable bonds is 5. The molecule has 8 heteroatoms. The third kappa shape index (κ3) is 5.31. The zero-order chi connectivity index (χ0) is 21.2. The van der Waals surface area contributed by atoms with Crippen LogP contribution in [0, 0.1) is 11.8 Å². The van der Waals surface area contributed by atoms with Gasteiger partial charge in [0.25, 0.3) is 0 Å². The number of ether oxygens (including phenoxy) is 1. The Labute approximate surface area is 181 Å². The molecule has 0 radical (unpaired) electrons. The van der Waals surface area contributed by atoms with Crippen LogP contribution in [0.4, 0.5) is 0 Å². The van der Waals surface area contributed by atoms with Crippen LogP contribution in [0.2, 0.25) is 10.0 Å². The van der Waals surface area contributed by atoms with Gasteiger partial charge >= 0.3 is 5.97 Å². The van der Waals surface area contributed by atoms with E-state index in [4.69, 9.17) is 27.9 Å². The predicted molar refractivity (Wildman–Crippen MR) is 114 cm³/mol. The van der Waals surface area contributed by atoms with Crippen molar-refractivity contribution in [1.29, 1.82) is 0 Å². The van der Waals surface area contributed by atoms with E-state index >= 15 is 0 Å². The van der Waals surface area contributed by atoms with Crippen molar-refractivity contribution >= 4 is 39.2 Å². The summed E-state index contributed by atoms with van der Waals surface area (Å²) in [6.07, 6.45) is 1.02. The first-order chi connectivity index (χ1) is 13.7. The van der Waals surface area contributed by atoms with Crippen molar-refractivity contribution in [3.05, 3.63) is 63.6 Å². The molecule has 0 N–H and O–H groups in total. The highest BCUT2D eigenvalue weighted by Gasteiger charge is 2.31. The van der Waals surface area contributed by atoms with E-state index in [1.54, 1.807) is 18.2 Å². The molecule has 0 saturated carbocycles. The van der Waals surface area contributed by atoms with Gasteiger partial charge in [0.1, 0.15) is 6.61 Å². The highest BCUT2D eigenvalue weighted by molar-refractivity contribution is 7.89. The maximum atomic E-state index is 12.9. The normalized spacial score (nSPS) is 20.4. The van der Waals surface area contributed by atoms with Gasteiger partial charge in [-0.25, -0.2) is 13.2 Å². The highest BCUT2D eigenvalue weighted by Crippen LogP contribution is 2.27. The molecule has 2 aromatic carbocycles. The average molecular weight is 456 g/mol. The van der Waals surface area contributed by atoms with E-state index in [2.05, 4.69) is 13.8 Å². The molecule has 0 amide bonds. The topological polar surface area (TPSA) is 63.7 Å². The molecule has 1 heterocycles. The Kier molecular flexibility index (Phi) is 6.89. The Morgan fingerprint density at radius 2 is 1.69 bits per heavy atom. The van der Waals surface area contributed by atoms with E-state index in [1.165, 1.54) is 28.6 Å². The predicted octanol–water partition coefficient (Wildman–Crippen LogP) is 5.02. The molecule has 2 atom stereocenters. The highest BCUT2D eigenvalue weighted by atomic mass is 35.5. The van der Waals surface area contributed by atoms with Crippen molar-refractivity contribution in [2.75, 3.05) is 13.1 Å². The standard InChI is InChI=1S/C21H23Cl2NO4S/c1-14-9-15(2)12-24(11-14)29(26,27)19-7-4-16(5-8-19)21(25)28-13-17-3-6-18(22)10-20(17)23/h3-8,10,14-15H,9,11-13H2,1-2H3. The Hall–Kier alpha value is -1.60. The van der Waals surface area contributed by atoms with Crippen LogP contribution < -0.4 is 0 Å². The Balaban J connectivity index is 1.68. The molecule has 1 fully saturated rings. The Morgan fingerprint density at radius 3 is 2.28 bits per heavy atom. The number of sulfonamides is 1. The number of piperidine rings is 1. The first kappa shape index (κ1) is 22.1. The number of esters is 1. The summed E-state index contributed by atoms with van der Waals surface area (Å²) < 4.78 is 32.6. The van der Waals surface area contributed by atoms with Crippen molar-refractivity contribution in [3.8, 4) is 0 Å². The maximum Gasteiger partial charge on any atom is 0.338 e. The summed E-state index contributed by atoms with van der Waals surface area (Å²) in [6, 6.07) is 10.8. The summed E-state index contributed by atoms with van der Waals surface area (Å²) in [5.74, 6) is 0.0881. The van der Waals surface area contributed by atoms with Gasteiger partial charge in [0, 0.05) is 28.7 Å². The molecule has 1 aliphatic rings. The van der Waals surface area contributed by atoms with Gasteiger partial charge in [-0.15, -0.1) is 0 Å². The second-order valence-electron chi connectivity index (χ2n) is 7.60. The lowest BCUT2D eigenvalue weighted by Crippen LogP contribution is -2.42. The molecule has 1 saturated heterocycles. The number of hydrogen-bond donors (Lipinski definition) is 0. The number of carbonyl (C=O) groups excluding carboxylic acids is 1. The summed E-state index contributed by atoms with van der Waals surface area (Å²) in [7, 11) is -3.58. The smallest absolute Gasteiger partial charge is 0.338 e. The maximum absolute atomic E-state index is 12.9. The fourth-order valence-electron chi connectivity index (χ4n) is 3.58. The van der Waals surface area contributed by atoms with Gasteiger partial charge in [0.2, 0.25) is 10.0 Å². The molecule has 156 valence electrons. The summed E-state index contributed by atoms with van der Waals surface area (Å²) in [5.41, 5.74) is 0.909.